The molecule has 1 N–H and O–H groups in total. The van der Waals surface area contributed by atoms with E-state index in [1.807, 2.05) is 42.2 Å². The molecule has 1 saturated heterocycles. The van der Waals surface area contributed by atoms with Crippen LogP contribution in [0.4, 0.5) is 0 Å². The highest BCUT2D eigenvalue weighted by molar-refractivity contribution is 5.94. The number of piperidine rings is 1. The second kappa shape index (κ2) is 7.07. The quantitative estimate of drug-likeness (QED) is 0.789. The Morgan fingerprint density at radius 2 is 1.96 bits per heavy atom. The molecule has 0 aliphatic carbocycles. The number of carbonyl (C=O) groups excluding carboxylic acids is 1. The minimum atomic E-state index is 0.0783. The average molecular weight is 347 g/mol. The molecule has 1 aliphatic rings. The highest BCUT2D eigenvalue weighted by atomic mass is 16.2. The van der Waals surface area contributed by atoms with Gasteiger partial charge >= 0.3 is 0 Å². The first-order valence-electron chi connectivity index (χ1n) is 8.89. The second-order valence-electron chi connectivity index (χ2n) is 6.66. The van der Waals surface area contributed by atoms with Gasteiger partial charge in [0, 0.05) is 48.9 Å². The second-order valence-corrected chi connectivity index (χ2v) is 6.66. The lowest BCUT2D eigenvalue weighted by molar-refractivity contribution is 0.0706. The van der Waals surface area contributed by atoms with Crippen molar-refractivity contribution in [2.75, 3.05) is 13.1 Å². The monoisotopic (exact) mass is 347 g/mol. The highest BCUT2D eigenvalue weighted by Gasteiger charge is 2.28. The summed E-state index contributed by atoms with van der Waals surface area (Å²) < 4.78 is 0. The lowest BCUT2D eigenvalue weighted by atomic mass is 9.92. The van der Waals surface area contributed by atoms with Gasteiger partial charge < -0.3 is 9.88 Å². The molecule has 1 aliphatic heterocycles. The van der Waals surface area contributed by atoms with Crippen molar-refractivity contribution in [3.8, 4) is 11.5 Å². The van der Waals surface area contributed by atoms with E-state index in [4.69, 9.17) is 0 Å². The van der Waals surface area contributed by atoms with E-state index in [1.165, 1.54) is 0 Å². The van der Waals surface area contributed by atoms with Crippen LogP contribution in [0.3, 0.4) is 0 Å². The molecule has 0 bridgehead atoms. The van der Waals surface area contributed by atoms with Crippen molar-refractivity contribution in [1.82, 2.24) is 24.8 Å². The van der Waals surface area contributed by atoms with Gasteiger partial charge in [-0.3, -0.25) is 9.78 Å². The fraction of sp³-hybridized carbons (Fsp3) is 0.300. The zero-order valence-electron chi connectivity index (χ0n) is 14.7. The molecule has 4 rings (SSSR count). The Balaban J connectivity index is 1.60. The number of nitrogens with one attached hydrogen (secondary N) is 1. The Hall–Kier alpha value is -3.02. The van der Waals surface area contributed by atoms with Crippen molar-refractivity contribution in [3.63, 3.8) is 0 Å². The average Bonchev–Trinajstić information content (AvgIpc) is 3.14. The maximum atomic E-state index is 12.8. The molecule has 1 unspecified atom stereocenters. The zero-order chi connectivity index (χ0) is 17.9. The number of aromatic nitrogens is 4. The summed E-state index contributed by atoms with van der Waals surface area (Å²) in [6.45, 7) is 3.40. The van der Waals surface area contributed by atoms with Crippen molar-refractivity contribution < 1.29 is 4.79 Å². The molecule has 0 spiro atoms. The van der Waals surface area contributed by atoms with Crippen LogP contribution >= 0.6 is 0 Å². The number of rotatable bonds is 3. The first-order valence-corrected chi connectivity index (χ1v) is 8.89. The van der Waals surface area contributed by atoms with Crippen molar-refractivity contribution in [2.24, 2.45) is 0 Å². The number of aromatic amines is 1. The van der Waals surface area contributed by atoms with Crippen LogP contribution in [-0.2, 0) is 0 Å². The topological polar surface area (TPSA) is 74.8 Å². The maximum absolute atomic E-state index is 12.8. The van der Waals surface area contributed by atoms with E-state index in [0.29, 0.717) is 6.54 Å². The van der Waals surface area contributed by atoms with E-state index >= 15 is 0 Å². The van der Waals surface area contributed by atoms with Crippen LogP contribution in [0, 0.1) is 6.92 Å². The summed E-state index contributed by atoms with van der Waals surface area (Å²) in [5, 5.41) is 0. The van der Waals surface area contributed by atoms with Gasteiger partial charge in [0.15, 0.2) is 5.82 Å². The smallest absolute Gasteiger partial charge is 0.253 e. The normalized spacial score (nSPS) is 17.3. The van der Waals surface area contributed by atoms with Crippen molar-refractivity contribution in [1.29, 1.82) is 0 Å². The summed E-state index contributed by atoms with van der Waals surface area (Å²) in [5.41, 5.74) is 3.40. The van der Waals surface area contributed by atoms with Gasteiger partial charge in [-0.05, 0) is 31.9 Å². The maximum Gasteiger partial charge on any atom is 0.253 e. The van der Waals surface area contributed by atoms with Crippen LogP contribution in [0.1, 0.15) is 40.5 Å². The molecule has 0 radical (unpaired) electrons. The molecule has 1 atom stereocenters. The fourth-order valence-corrected chi connectivity index (χ4v) is 3.51. The van der Waals surface area contributed by atoms with Crippen LogP contribution in [-0.4, -0.2) is 43.8 Å². The Bertz CT molecular complexity index is 905. The molecular weight excluding hydrogens is 326 g/mol. The summed E-state index contributed by atoms with van der Waals surface area (Å²) in [6.07, 6.45) is 7.14. The number of amides is 1. The van der Waals surface area contributed by atoms with Gasteiger partial charge in [-0.1, -0.05) is 18.2 Å². The van der Waals surface area contributed by atoms with E-state index in [9.17, 15) is 4.79 Å². The first-order chi connectivity index (χ1) is 12.7. The fourth-order valence-electron chi connectivity index (χ4n) is 3.51. The lowest BCUT2D eigenvalue weighted by Gasteiger charge is -2.33. The van der Waals surface area contributed by atoms with E-state index in [-0.39, 0.29) is 11.8 Å². The van der Waals surface area contributed by atoms with Crippen LogP contribution in [0.5, 0.6) is 0 Å². The van der Waals surface area contributed by atoms with E-state index < -0.39 is 0 Å². The third-order valence-corrected chi connectivity index (χ3v) is 4.77. The number of hydrogen-bond donors (Lipinski definition) is 1. The largest absolute Gasteiger partial charge is 0.341 e. The van der Waals surface area contributed by atoms with Crippen LogP contribution in [0.2, 0.25) is 0 Å². The third kappa shape index (κ3) is 3.22. The van der Waals surface area contributed by atoms with Crippen molar-refractivity contribution >= 4 is 5.91 Å². The number of likely N-dealkylation sites (tertiary alicyclic amines) is 1. The standard InChI is InChI=1S/C20H21N5O/c1-14-12-23-19(24-14)18-17(21-9-10-22-18)16-8-5-11-25(13-16)20(26)15-6-3-2-4-7-15/h2-4,6-7,9-10,12,16H,5,8,11,13H2,1H3,(H,23,24). The van der Waals surface area contributed by atoms with Crippen LogP contribution in [0.25, 0.3) is 11.5 Å². The predicted octanol–water partition coefficient (Wildman–Crippen LogP) is 3.19. The minimum Gasteiger partial charge on any atom is -0.341 e. The Kier molecular flexibility index (Phi) is 4.48. The van der Waals surface area contributed by atoms with Crippen molar-refractivity contribution in [2.45, 2.75) is 25.7 Å². The zero-order valence-corrected chi connectivity index (χ0v) is 14.7. The number of benzene rings is 1. The van der Waals surface area contributed by atoms with Gasteiger partial charge in [0.1, 0.15) is 5.69 Å². The molecule has 2 aromatic heterocycles. The Morgan fingerprint density at radius 1 is 1.15 bits per heavy atom. The molecule has 0 saturated carbocycles. The summed E-state index contributed by atoms with van der Waals surface area (Å²) >= 11 is 0. The molecule has 3 aromatic rings. The van der Waals surface area contributed by atoms with E-state index in [2.05, 4.69) is 19.9 Å². The summed E-state index contributed by atoms with van der Waals surface area (Å²) in [7, 11) is 0. The predicted molar refractivity (Wildman–Crippen MR) is 98.7 cm³/mol. The van der Waals surface area contributed by atoms with Gasteiger partial charge in [-0.2, -0.15) is 0 Å². The molecule has 3 heterocycles. The summed E-state index contributed by atoms with van der Waals surface area (Å²) in [4.78, 5) is 31.5. The van der Waals surface area contributed by atoms with Crippen molar-refractivity contribution in [3.05, 3.63) is 65.9 Å². The molecule has 1 amide bonds. The number of nitrogens with zero attached hydrogens (tertiary/aromatic N) is 4. The first kappa shape index (κ1) is 16.4. The van der Waals surface area contributed by atoms with Gasteiger partial charge in [0.25, 0.3) is 5.91 Å². The Labute approximate surface area is 152 Å². The number of imidazole rings is 1. The summed E-state index contributed by atoms with van der Waals surface area (Å²) in [5.74, 6) is 0.970. The number of aryl methyl sites for hydroxylation is 1. The molecule has 26 heavy (non-hydrogen) atoms. The number of H-pyrrole nitrogens is 1. The lowest BCUT2D eigenvalue weighted by Crippen LogP contribution is -2.39. The third-order valence-electron chi connectivity index (χ3n) is 4.77. The summed E-state index contributed by atoms with van der Waals surface area (Å²) in [6, 6.07) is 9.45. The molecule has 1 aromatic carbocycles. The molecule has 6 heteroatoms. The van der Waals surface area contributed by atoms with Gasteiger partial charge in [0.05, 0.1) is 5.69 Å². The molecular formula is C20H21N5O. The van der Waals surface area contributed by atoms with Gasteiger partial charge in [-0.25, -0.2) is 9.97 Å². The van der Waals surface area contributed by atoms with Crippen LogP contribution in [0.15, 0.2) is 48.9 Å². The molecule has 6 nitrogen and oxygen atoms in total. The molecule has 132 valence electrons. The highest BCUT2D eigenvalue weighted by Crippen LogP contribution is 2.31. The SMILES string of the molecule is Cc1cnc(-c2nccnc2C2CCCN(C(=O)c3ccccc3)C2)[nH]1. The number of carbonyl (C=O) groups is 1. The van der Waals surface area contributed by atoms with E-state index in [1.54, 1.807) is 18.6 Å². The van der Waals surface area contributed by atoms with E-state index in [0.717, 1.165) is 47.9 Å². The minimum absolute atomic E-state index is 0.0783. The van der Waals surface area contributed by atoms with Gasteiger partial charge in [0.2, 0.25) is 0 Å². The number of hydrogen-bond acceptors (Lipinski definition) is 4. The van der Waals surface area contributed by atoms with Gasteiger partial charge in [-0.15, -0.1) is 0 Å². The molecule has 1 fully saturated rings. The Morgan fingerprint density at radius 3 is 2.73 bits per heavy atom. The van der Waals surface area contributed by atoms with Crippen LogP contribution < -0.4 is 0 Å².